The van der Waals surface area contributed by atoms with Gasteiger partial charge in [-0.2, -0.15) is 5.10 Å². The van der Waals surface area contributed by atoms with Crippen LogP contribution in [-0.4, -0.2) is 20.7 Å². The smallest absolute Gasteiger partial charge is 0.287 e. The van der Waals surface area contributed by atoms with Gasteiger partial charge in [-0.25, -0.2) is 4.98 Å². The minimum Gasteiger partial charge on any atom is -0.489 e. The van der Waals surface area contributed by atoms with Gasteiger partial charge < -0.3 is 9.30 Å². The van der Waals surface area contributed by atoms with Gasteiger partial charge in [-0.3, -0.25) is 15.5 Å². The molecular formula is C25H21Cl2N5O3. The molecule has 0 saturated carbocycles. The van der Waals surface area contributed by atoms with Crippen molar-refractivity contribution in [3.63, 3.8) is 0 Å². The van der Waals surface area contributed by atoms with Crippen molar-refractivity contribution in [2.45, 2.75) is 20.5 Å². The highest BCUT2D eigenvalue weighted by Gasteiger charge is 2.10. The summed E-state index contributed by atoms with van der Waals surface area (Å²) in [6.45, 7) is 4.36. The Balaban J connectivity index is 1.43. The largest absolute Gasteiger partial charge is 0.489 e. The standard InChI is InChI=1S/C25H21Cl2N5O3/c1-16-11-19(13-29-30-25-10-7-22(14-28-25)32(33)34)17(2)31(16)21-5-8-23(9-6-21)35-15-18-3-4-20(26)12-24(18)27/h3-14H,15H2,1-2H3,(H,28,30)/b29-13+. The fourth-order valence-electron chi connectivity index (χ4n) is 3.54. The van der Waals surface area contributed by atoms with Crippen molar-refractivity contribution in [2.75, 3.05) is 5.43 Å². The Kier molecular flexibility index (Phi) is 7.33. The molecule has 10 heteroatoms. The molecule has 0 atom stereocenters. The highest BCUT2D eigenvalue weighted by molar-refractivity contribution is 6.35. The van der Waals surface area contributed by atoms with Crippen molar-refractivity contribution in [3.05, 3.63) is 110 Å². The maximum Gasteiger partial charge on any atom is 0.287 e. The van der Waals surface area contributed by atoms with Crippen LogP contribution in [0.4, 0.5) is 11.5 Å². The number of nitrogens with one attached hydrogen (secondary N) is 1. The van der Waals surface area contributed by atoms with Crippen LogP contribution in [0.15, 0.2) is 72.0 Å². The summed E-state index contributed by atoms with van der Waals surface area (Å²) in [6.07, 6.45) is 2.87. The van der Waals surface area contributed by atoms with Gasteiger partial charge in [0.05, 0.1) is 11.1 Å². The number of benzene rings is 2. The van der Waals surface area contributed by atoms with E-state index in [1.807, 2.05) is 50.2 Å². The molecule has 0 saturated heterocycles. The van der Waals surface area contributed by atoms with Gasteiger partial charge in [-0.1, -0.05) is 29.3 Å². The third-order valence-electron chi connectivity index (χ3n) is 5.32. The number of hydrogen-bond acceptors (Lipinski definition) is 6. The Hall–Kier alpha value is -3.88. The summed E-state index contributed by atoms with van der Waals surface area (Å²) in [6, 6.07) is 18.0. The Bertz CT molecular complexity index is 1380. The fourth-order valence-corrected chi connectivity index (χ4v) is 4.00. The quantitative estimate of drug-likeness (QED) is 0.161. The zero-order valence-corrected chi connectivity index (χ0v) is 20.4. The van der Waals surface area contributed by atoms with Gasteiger partial charge >= 0.3 is 0 Å². The lowest BCUT2D eigenvalue weighted by Gasteiger charge is -2.12. The number of ether oxygens (including phenoxy) is 1. The molecule has 2 heterocycles. The lowest BCUT2D eigenvalue weighted by molar-refractivity contribution is -0.385. The number of rotatable bonds is 8. The number of hydrazone groups is 1. The number of nitro groups is 1. The molecule has 0 unspecified atom stereocenters. The van der Waals surface area contributed by atoms with Crippen LogP contribution < -0.4 is 10.2 Å². The molecule has 2 aromatic heterocycles. The van der Waals surface area contributed by atoms with Crippen LogP contribution in [0.1, 0.15) is 22.5 Å². The topological polar surface area (TPSA) is 94.6 Å². The van der Waals surface area contributed by atoms with Crippen molar-refractivity contribution < 1.29 is 9.66 Å². The monoisotopic (exact) mass is 509 g/mol. The Morgan fingerprint density at radius 3 is 2.54 bits per heavy atom. The number of pyridine rings is 1. The molecule has 0 aliphatic heterocycles. The number of anilines is 1. The number of aromatic nitrogens is 2. The first-order valence-electron chi connectivity index (χ1n) is 10.6. The van der Waals surface area contributed by atoms with E-state index >= 15 is 0 Å². The van der Waals surface area contributed by atoms with Crippen LogP contribution in [0.2, 0.25) is 10.0 Å². The van der Waals surface area contributed by atoms with E-state index in [0.29, 0.717) is 22.5 Å². The molecule has 8 nitrogen and oxygen atoms in total. The first-order chi connectivity index (χ1) is 16.8. The van der Waals surface area contributed by atoms with Crippen LogP contribution in [0.3, 0.4) is 0 Å². The first kappa shape index (κ1) is 24.3. The van der Waals surface area contributed by atoms with Gasteiger partial charge in [0, 0.05) is 44.3 Å². The predicted molar refractivity (Wildman–Crippen MR) is 138 cm³/mol. The third-order valence-corrected chi connectivity index (χ3v) is 5.90. The molecule has 0 spiro atoms. The van der Waals surface area contributed by atoms with Gasteiger partial charge in [0.2, 0.25) is 0 Å². The minimum absolute atomic E-state index is 0.0757. The Morgan fingerprint density at radius 2 is 1.89 bits per heavy atom. The van der Waals surface area contributed by atoms with Crippen LogP contribution in [0, 0.1) is 24.0 Å². The summed E-state index contributed by atoms with van der Waals surface area (Å²) in [7, 11) is 0. The average molecular weight is 510 g/mol. The normalized spacial score (nSPS) is 11.1. The number of aryl methyl sites for hydroxylation is 1. The minimum atomic E-state index is -0.497. The Labute approximate surface area is 211 Å². The second-order valence-electron chi connectivity index (χ2n) is 7.71. The van der Waals surface area contributed by atoms with Gasteiger partial charge in [0.1, 0.15) is 24.4 Å². The van der Waals surface area contributed by atoms with Gasteiger partial charge in [0.25, 0.3) is 5.69 Å². The molecule has 0 fully saturated rings. The first-order valence-corrected chi connectivity index (χ1v) is 11.3. The number of hydrogen-bond donors (Lipinski definition) is 1. The van der Waals surface area contributed by atoms with Crippen molar-refractivity contribution in [3.8, 4) is 11.4 Å². The van der Waals surface area contributed by atoms with Crippen LogP contribution >= 0.6 is 23.2 Å². The summed E-state index contributed by atoms with van der Waals surface area (Å²) in [4.78, 5) is 14.2. The van der Waals surface area contributed by atoms with Gasteiger partial charge in [-0.15, -0.1) is 0 Å². The highest BCUT2D eigenvalue weighted by Crippen LogP contribution is 2.25. The maximum absolute atomic E-state index is 10.7. The van der Waals surface area contributed by atoms with E-state index in [2.05, 4.69) is 20.1 Å². The lowest BCUT2D eigenvalue weighted by Crippen LogP contribution is -2.01. The molecule has 1 N–H and O–H groups in total. The molecule has 4 rings (SSSR count). The molecule has 0 radical (unpaired) electrons. The van der Waals surface area contributed by atoms with Crippen molar-refractivity contribution >= 4 is 40.9 Å². The van der Waals surface area contributed by atoms with E-state index in [9.17, 15) is 10.1 Å². The lowest BCUT2D eigenvalue weighted by atomic mass is 10.2. The SMILES string of the molecule is Cc1cc(/C=N/Nc2ccc([N+](=O)[O-])cn2)c(C)n1-c1ccc(OCc2ccc(Cl)cc2Cl)cc1. The number of nitrogens with zero attached hydrogens (tertiary/aromatic N) is 4. The molecule has 0 aliphatic carbocycles. The molecule has 178 valence electrons. The molecule has 0 amide bonds. The van der Waals surface area contributed by atoms with E-state index in [1.165, 1.54) is 18.3 Å². The second kappa shape index (κ2) is 10.6. The van der Waals surface area contributed by atoms with Crippen molar-refractivity contribution in [1.82, 2.24) is 9.55 Å². The molecule has 35 heavy (non-hydrogen) atoms. The van der Waals surface area contributed by atoms with Crippen LogP contribution in [-0.2, 0) is 6.61 Å². The maximum atomic E-state index is 10.7. The van der Waals surface area contributed by atoms with E-state index in [0.717, 1.165) is 34.0 Å². The highest BCUT2D eigenvalue weighted by atomic mass is 35.5. The predicted octanol–water partition coefficient (Wildman–Crippen LogP) is 6.73. The summed E-state index contributed by atoms with van der Waals surface area (Å²) in [5, 5.41) is 16.1. The van der Waals surface area contributed by atoms with E-state index in [4.69, 9.17) is 27.9 Å². The van der Waals surface area contributed by atoms with Gasteiger partial charge in [0.15, 0.2) is 0 Å². The van der Waals surface area contributed by atoms with Crippen LogP contribution in [0.5, 0.6) is 5.75 Å². The summed E-state index contributed by atoms with van der Waals surface area (Å²) < 4.78 is 7.99. The average Bonchev–Trinajstić information content (AvgIpc) is 3.12. The van der Waals surface area contributed by atoms with E-state index < -0.39 is 4.92 Å². The summed E-state index contributed by atoms with van der Waals surface area (Å²) in [5.74, 6) is 1.14. The van der Waals surface area contributed by atoms with E-state index in [-0.39, 0.29) is 5.69 Å². The zero-order valence-electron chi connectivity index (χ0n) is 18.9. The van der Waals surface area contributed by atoms with E-state index in [1.54, 1.807) is 18.3 Å². The molecule has 0 bridgehead atoms. The fraction of sp³-hybridized carbons (Fsp3) is 0.120. The second-order valence-corrected chi connectivity index (χ2v) is 8.55. The van der Waals surface area contributed by atoms with Crippen LogP contribution in [0.25, 0.3) is 5.69 Å². The van der Waals surface area contributed by atoms with Gasteiger partial charge in [-0.05, 0) is 62.4 Å². The summed E-state index contributed by atoms with van der Waals surface area (Å²) in [5.41, 5.74) is 7.53. The third kappa shape index (κ3) is 5.79. The van der Waals surface area contributed by atoms with Crippen molar-refractivity contribution in [1.29, 1.82) is 0 Å². The molecule has 4 aromatic rings. The summed E-state index contributed by atoms with van der Waals surface area (Å²) >= 11 is 12.2. The Morgan fingerprint density at radius 1 is 1.11 bits per heavy atom. The molecule has 0 aliphatic rings. The number of halogens is 2. The molecule has 2 aromatic carbocycles. The zero-order chi connectivity index (χ0) is 24.9. The molecular weight excluding hydrogens is 489 g/mol. The van der Waals surface area contributed by atoms with Crippen molar-refractivity contribution in [2.24, 2.45) is 5.10 Å².